The molecule has 1 aliphatic heterocycles. The van der Waals surface area contributed by atoms with Crippen molar-refractivity contribution in [3.05, 3.63) is 0 Å². The summed E-state index contributed by atoms with van der Waals surface area (Å²) in [7, 11) is 2.27. The lowest BCUT2D eigenvalue weighted by Crippen LogP contribution is -2.48. The van der Waals surface area contributed by atoms with Gasteiger partial charge in [-0.05, 0) is 65.6 Å². The Morgan fingerprint density at radius 1 is 1.09 bits per heavy atom. The summed E-state index contributed by atoms with van der Waals surface area (Å²) >= 11 is 0. The first kappa shape index (κ1) is 17.8. The van der Waals surface area contributed by atoms with E-state index >= 15 is 0 Å². The second-order valence-corrected chi connectivity index (χ2v) is 7.35. The van der Waals surface area contributed by atoms with Crippen molar-refractivity contribution < 1.29 is 5.11 Å². The molecule has 1 saturated carbocycles. The van der Waals surface area contributed by atoms with Crippen molar-refractivity contribution in [2.45, 2.75) is 76.9 Å². The van der Waals surface area contributed by atoms with Gasteiger partial charge < -0.3 is 10.0 Å². The lowest BCUT2D eigenvalue weighted by atomic mass is 9.85. The van der Waals surface area contributed by atoms with E-state index in [1.165, 1.54) is 58.0 Å². The summed E-state index contributed by atoms with van der Waals surface area (Å²) in [4.78, 5) is 5.12. The van der Waals surface area contributed by atoms with E-state index in [2.05, 4.69) is 42.5 Å². The molecule has 1 saturated heterocycles. The van der Waals surface area contributed by atoms with Crippen LogP contribution in [-0.2, 0) is 0 Å². The standard InChI is InChI=1S/C19H34N2O/c1-16(2)21-13-11-17(12-14-21)19(10-7-15-22)20(3)18-8-5-4-6-9-18/h16-19,22H,4-6,8-9,11-15H2,1-3H3/t19-/m1/s1. The van der Waals surface area contributed by atoms with Crippen LogP contribution in [0.25, 0.3) is 0 Å². The Balaban J connectivity index is 1.99. The van der Waals surface area contributed by atoms with E-state index in [-0.39, 0.29) is 6.61 Å². The molecule has 2 aliphatic rings. The zero-order valence-electron chi connectivity index (χ0n) is 14.7. The first-order chi connectivity index (χ1) is 10.6. The van der Waals surface area contributed by atoms with Crippen LogP contribution in [0.1, 0.15) is 58.8 Å². The number of hydrogen-bond donors (Lipinski definition) is 1. The highest BCUT2D eigenvalue weighted by molar-refractivity contribution is 5.11. The number of aliphatic hydroxyl groups is 1. The van der Waals surface area contributed by atoms with Crippen molar-refractivity contribution in [1.29, 1.82) is 0 Å². The molecule has 0 radical (unpaired) electrons. The molecule has 22 heavy (non-hydrogen) atoms. The summed E-state index contributed by atoms with van der Waals surface area (Å²) in [6.07, 6.45) is 9.23. The number of rotatable bonds is 4. The zero-order chi connectivity index (χ0) is 15.9. The summed E-state index contributed by atoms with van der Waals surface area (Å²) in [5, 5.41) is 9.12. The van der Waals surface area contributed by atoms with Crippen LogP contribution in [-0.4, -0.2) is 59.8 Å². The molecule has 1 heterocycles. The van der Waals surface area contributed by atoms with Crippen LogP contribution in [0.2, 0.25) is 0 Å². The fourth-order valence-electron chi connectivity index (χ4n) is 4.17. The zero-order valence-corrected chi connectivity index (χ0v) is 14.7. The summed E-state index contributed by atoms with van der Waals surface area (Å²) in [6, 6.07) is 1.67. The molecular weight excluding hydrogens is 272 g/mol. The molecule has 0 aromatic heterocycles. The molecule has 1 N–H and O–H groups in total. The smallest absolute Gasteiger partial charge is 0.104 e. The molecule has 0 amide bonds. The molecule has 3 nitrogen and oxygen atoms in total. The van der Waals surface area contributed by atoms with E-state index in [9.17, 15) is 0 Å². The second-order valence-electron chi connectivity index (χ2n) is 7.35. The maximum Gasteiger partial charge on any atom is 0.104 e. The minimum Gasteiger partial charge on any atom is -0.384 e. The van der Waals surface area contributed by atoms with E-state index in [1.807, 2.05) is 0 Å². The van der Waals surface area contributed by atoms with E-state index in [0.29, 0.717) is 24.0 Å². The van der Waals surface area contributed by atoms with Gasteiger partial charge in [0.25, 0.3) is 0 Å². The molecule has 1 aliphatic carbocycles. The van der Waals surface area contributed by atoms with Crippen LogP contribution in [0.4, 0.5) is 0 Å². The van der Waals surface area contributed by atoms with Crippen LogP contribution in [0.5, 0.6) is 0 Å². The summed E-state index contributed by atoms with van der Waals surface area (Å²) < 4.78 is 0. The molecule has 0 spiro atoms. The van der Waals surface area contributed by atoms with Gasteiger partial charge in [0.15, 0.2) is 0 Å². The average Bonchev–Trinajstić information content (AvgIpc) is 2.56. The van der Waals surface area contributed by atoms with Crippen LogP contribution in [0.3, 0.4) is 0 Å². The normalized spacial score (nSPS) is 23.5. The molecular formula is C19H34N2O. The Morgan fingerprint density at radius 3 is 2.27 bits per heavy atom. The lowest BCUT2D eigenvalue weighted by Gasteiger charge is -2.42. The maximum atomic E-state index is 9.12. The maximum absolute atomic E-state index is 9.12. The number of likely N-dealkylation sites (tertiary alicyclic amines) is 1. The van der Waals surface area contributed by atoms with Gasteiger partial charge >= 0.3 is 0 Å². The quantitative estimate of drug-likeness (QED) is 0.809. The van der Waals surface area contributed by atoms with Crippen molar-refractivity contribution in [2.24, 2.45) is 5.92 Å². The highest BCUT2D eigenvalue weighted by Crippen LogP contribution is 2.29. The van der Waals surface area contributed by atoms with Crippen molar-refractivity contribution in [3.63, 3.8) is 0 Å². The van der Waals surface area contributed by atoms with E-state index in [1.54, 1.807) is 0 Å². The van der Waals surface area contributed by atoms with Crippen LogP contribution >= 0.6 is 0 Å². The third-order valence-corrected chi connectivity index (χ3v) is 5.67. The minimum absolute atomic E-state index is 0.0140. The lowest BCUT2D eigenvalue weighted by molar-refractivity contribution is 0.0799. The first-order valence-corrected chi connectivity index (χ1v) is 9.18. The highest BCUT2D eigenvalue weighted by Gasteiger charge is 2.32. The van der Waals surface area contributed by atoms with Gasteiger partial charge in [-0.2, -0.15) is 0 Å². The van der Waals surface area contributed by atoms with Gasteiger partial charge in [0, 0.05) is 12.1 Å². The summed E-state index contributed by atoms with van der Waals surface area (Å²) in [5.74, 6) is 6.99. The Labute approximate surface area is 137 Å². The average molecular weight is 306 g/mol. The SMILES string of the molecule is CC(C)N1CCC([C@@H](C#CCO)N(C)C2CCCCC2)CC1. The number of aliphatic hydroxyl groups excluding tert-OH is 1. The van der Waals surface area contributed by atoms with Crippen LogP contribution in [0, 0.1) is 17.8 Å². The van der Waals surface area contributed by atoms with Gasteiger partial charge in [0.1, 0.15) is 6.61 Å². The van der Waals surface area contributed by atoms with Crippen LogP contribution < -0.4 is 0 Å². The van der Waals surface area contributed by atoms with E-state index in [0.717, 1.165) is 0 Å². The third kappa shape index (κ3) is 4.72. The molecule has 1 atom stereocenters. The molecule has 126 valence electrons. The van der Waals surface area contributed by atoms with Gasteiger partial charge in [0.2, 0.25) is 0 Å². The monoisotopic (exact) mass is 306 g/mol. The molecule has 2 fully saturated rings. The van der Waals surface area contributed by atoms with Crippen molar-refractivity contribution >= 4 is 0 Å². The Morgan fingerprint density at radius 2 is 1.73 bits per heavy atom. The first-order valence-electron chi connectivity index (χ1n) is 9.18. The van der Waals surface area contributed by atoms with Crippen molar-refractivity contribution in [2.75, 3.05) is 26.7 Å². The number of nitrogens with zero attached hydrogens (tertiary/aromatic N) is 2. The van der Waals surface area contributed by atoms with Gasteiger partial charge in [-0.3, -0.25) is 4.90 Å². The number of piperidine rings is 1. The summed E-state index contributed by atoms with van der Waals surface area (Å²) in [5.41, 5.74) is 0. The predicted molar refractivity (Wildman–Crippen MR) is 92.7 cm³/mol. The Bertz CT molecular complexity index is 371. The van der Waals surface area contributed by atoms with Gasteiger partial charge in [-0.1, -0.05) is 31.1 Å². The van der Waals surface area contributed by atoms with Gasteiger partial charge in [-0.15, -0.1) is 0 Å². The number of hydrogen-bond acceptors (Lipinski definition) is 3. The predicted octanol–water partition coefficient (Wildman–Crippen LogP) is 2.74. The highest BCUT2D eigenvalue weighted by atomic mass is 16.2. The van der Waals surface area contributed by atoms with Gasteiger partial charge in [0.05, 0.1) is 6.04 Å². The molecule has 2 rings (SSSR count). The van der Waals surface area contributed by atoms with Crippen molar-refractivity contribution in [3.8, 4) is 11.8 Å². The molecule has 0 aromatic rings. The second kappa shape index (κ2) is 8.91. The van der Waals surface area contributed by atoms with E-state index in [4.69, 9.17) is 5.11 Å². The largest absolute Gasteiger partial charge is 0.384 e. The van der Waals surface area contributed by atoms with Crippen LogP contribution in [0.15, 0.2) is 0 Å². The fraction of sp³-hybridized carbons (Fsp3) is 0.895. The van der Waals surface area contributed by atoms with Crippen molar-refractivity contribution in [1.82, 2.24) is 9.80 Å². The molecule has 0 bridgehead atoms. The Hall–Kier alpha value is -0.560. The topological polar surface area (TPSA) is 26.7 Å². The Kier molecular flexibility index (Phi) is 7.21. The minimum atomic E-state index is -0.0140. The fourth-order valence-corrected chi connectivity index (χ4v) is 4.17. The van der Waals surface area contributed by atoms with Gasteiger partial charge in [-0.25, -0.2) is 0 Å². The molecule has 0 aromatic carbocycles. The van der Waals surface area contributed by atoms with E-state index < -0.39 is 0 Å². The summed E-state index contributed by atoms with van der Waals surface area (Å²) in [6.45, 7) is 6.95. The third-order valence-electron chi connectivity index (χ3n) is 5.67. The molecule has 0 unspecified atom stereocenters. The molecule has 3 heteroatoms.